The normalized spacial score (nSPS) is 22.0. The zero-order chi connectivity index (χ0) is 34.0. The second-order valence-electron chi connectivity index (χ2n) is 14.9. The van der Waals surface area contributed by atoms with E-state index in [4.69, 9.17) is 0 Å². The summed E-state index contributed by atoms with van der Waals surface area (Å²) in [5.41, 5.74) is 5.99. The Kier molecular flexibility index (Phi) is 20.0. The fraction of sp³-hybridized carbons (Fsp3) is 0.795. The van der Waals surface area contributed by atoms with Gasteiger partial charge in [-0.05, 0) is 129 Å². The summed E-state index contributed by atoms with van der Waals surface area (Å²) in [5.74, 6) is 3.14. The van der Waals surface area contributed by atoms with Crippen molar-refractivity contribution >= 4 is 31.6 Å². The Morgan fingerprint density at radius 2 is 1.54 bits per heavy atom. The average molecular weight is 693 g/mol. The van der Waals surface area contributed by atoms with Crippen LogP contribution in [0.2, 0.25) is 0 Å². The summed E-state index contributed by atoms with van der Waals surface area (Å²) >= 11 is 0. The summed E-state index contributed by atoms with van der Waals surface area (Å²) in [6, 6.07) is 0. The van der Waals surface area contributed by atoms with Crippen LogP contribution in [0.3, 0.4) is 0 Å². The molecule has 5 unspecified atom stereocenters. The molecule has 0 saturated heterocycles. The van der Waals surface area contributed by atoms with Crippen LogP contribution in [0.5, 0.6) is 0 Å². The van der Waals surface area contributed by atoms with Crippen LogP contribution in [0.25, 0.3) is 0 Å². The van der Waals surface area contributed by atoms with Crippen molar-refractivity contribution in [3.05, 3.63) is 48.5 Å². The highest BCUT2D eigenvalue weighted by Gasteiger charge is 2.61. The van der Waals surface area contributed by atoms with Crippen molar-refractivity contribution < 1.29 is 0 Å². The van der Waals surface area contributed by atoms with Crippen LogP contribution in [-0.4, -0.2) is 32.4 Å². The lowest BCUT2D eigenvalue weighted by molar-refractivity contribution is -0.0569. The fourth-order valence-corrected chi connectivity index (χ4v) is 10.2. The van der Waals surface area contributed by atoms with Gasteiger partial charge in [0.05, 0.1) is 0 Å². The number of hydrogen-bond donors (Lipinski definition) is 4. The molecule has 0 radical (unpaired) electrons. The Bertz CT molecular complexity index is 942. The number of hydrogen-bond acceptors (Lipinski definition) is 7. The highest BCUT2D eigenvalue weighted by atomic mass is 33.5. The van der Waals surface area contributed by atoms with Gasteiger partial charge in [0.25, 0.3) is 0 Å². The molecule has 2 rings (SSSR count). The van der Waals surface area contributed by atoms with Crippen LogP contribution in [0, 0.1) is 34.5 Å². The lowest BCUT2D eigenvalue weighted by Crippen LogP contribution is -2.48. The molecule has 0 bridgehead atoms. The van der Waals surface area contributed by atoms with E-state index in [9.17, 15) is 0 Å². The number of rotatable bonds is 27. The molecular weight excluding hydrogens is 621 g/mol. The van der Waals surface area contributed by atoms with Gasteiger partial charge in [0.2, 0.25) is 0 Å². The molecule has 7 heteroatoms. The van der Waals surface area contributed by atoms with Crippen molar-refractivity contribution in [3.63, 3.8) is 0 Å². The highest BCUT2D eigenvalue weighted by Crippen LogP contribution is 2.69. The van der Waals surface area contributed by atoms with Crippen molar-refractivity contribution in [1.82, 2.24) is 20.7 Å². The lowest BCUT2D eigenvalue weighted by atomic mass is 9.50. The number of unbranched alkanes of at least 4 members (excludes halogenated alkanes) is 3. The third-order valence-corrected chi connectivity index (χ3v) is 14.7. The van der Waals surface area contributed by atoms with E-state index in [1.165, 1.54) is 87.6 Å². The van der Waals surface area contributed by atoms with Crippen LogP contribution in [-0.2, 0) is 0 Å². The second-order valence-corrected chi connectivity index (χ2v) is 19.0. The molecule has 0 aromatic carbocycles. The number of allylic oxidation sites excluding steroid dienone is 4. The molecule has 2 aliphatic rings. The Balaban J connectivity index is 1.65. The Morgan fingerprint density at radius 3 is 2.13 bits per heavy atom. The predicted octanol–water partition coefficient (Wildman–Crippen LogP) is 11.4. The summed E-state index contributed by atoms with van der Waals surface area (Å²) in [6.07, 6.45) is 22.3. The van der Waals surface area contributed by atoms with Crippen molar-refractivity contribution in [2.45, 2.75) is 131 Å². The summed E-state index contributed by atoms with van der Waals surface area (Å²) in [6.45, 7) is 31.4. The van der Waals surface area contributed by atoms with Crippen molar-refractivity contribution in [2.24, 2.45) is 34.5 Å². The quantitative estimate of drug-likeness (QED) is 0.0296. The molecule has 0 aromatic heterocycles. The van der Waals surface area contributed by atoms with E-state index in [1.807, 2.05) is 0 Å². The van der Waals surface area contributed by atoms with Gasteiger partial charge in [-0.1, -0.05) is 95.6 Å². The monoisotopic (exact) mass is 692 g/mol. The predicted molar refractivity (Wildman–Crippen MR) is 214 cm³/mol. The molecule has 1 spiro atoms. The minimum absolute atomic E-state index is 0.403. The SMILES string of the molecule is C=C(CCCNC(=C)CC1CCC2(CC2)C(C(C)(CC)C(C)CC=C(C)C)C1CC)NCCCCCCNC(=C)CNSSSC. The fourth-order valence-electron chi connectivity index (χ4n) is 8.27. The first-order valence-corrected chi connectivity index (χ1v) is 22.4. The van der Waals surface area contributed by atoms with E-state index in [0.29, 0.717) is 10.8 Å². The van der Waals surface area contributed by atoms with Crippen LogP contribution in [0.4, 0.5) is 0 Å². The van der Waals surface area contributed by atoms with E-state index < -0.39 is 0 Å². The smallest absolute Gasteiger partial charge is 0.0459 e. The Labute approximate surface area is 297 Å². The summed E-state index contributed by atoms with van der Waals surface area (Å²) in [7, 11) is 5.16. The largest absolute Gasteiger partial charge is 0.389 e. The third-order valence-electron chi connectivity index (χ3n) is 11.4. The van der Waals surface area contributed by atoms with Crippen LogP contribution < -0.4 is 20.7 Å². The van der Waals surface area contributed by atoms with Gasteiger partial charge in [0.15, 0.2) is 0 Å². The van der Waals surface area contributed by atoms with Gasteiger partial charge < -0.3 is 16.0 Å². The maximum atomic E-state index is 4.53. The first-order chi connectivity index (χ1) is 22.0. The van der Waals surface area contributed by atoms with Gasteiger partial charge in [-0.25, -0.2) is 4.72 Å². The van der Waals surface area contributed by atoms with Crippen molar-refractivity contribution in [3.8, 4) is 0 Å². The summed E-state index contributed by atoms with van der Waals surface area (Å²) in [4.78, 5) is 0. The van der Waals surface area contributed by atoms with Crippen molar-refractivity contribution in [2.75, 3.05) is 32.4 Å². The van der Waals surface area contributed by atoms with E-state index in [2.05, 4.69) is 94.3 Å². The molecule has 0 aromatic rings. The van der Waals surface area contributed by atoms with Gasteiger partial charge in [-0.3, -0.25) is 0 Å². The van der Waals surface area contributed by atoms with Gasteiger partial charge in [0.1, 0.15) is 0 Å². The molecule has 5 atom stereocenters. The Morgan fingerprint density at radius 1 is 0.913 bits per heavy atom. The molecule has 266 valence electrons. The second kappa shape index (κ2) is 22.2. The zero-order valence-electron chi connectivity index (χ0n) is 31.0. The first-order valence-electron chi connectivity index (χ1n) is 18.5. The third kappa shape index (κ3) is 14.1. The zero-order valence-corrected chi connectivity index (χ0v) is 33.4. The van der Waals surface area contributed by atoms with Crippen LogP contribution in [0.15, 0.2) is 48.5 Å². The van der Waals surface area contributed by atoms with Gasteiger partial charge >= 0.3 is 0 Å². The van der Waals surface area contributed by atoms with E-state index in [0.717, 1.165) is 74.8 Å². The summed E-state index contributed by atoms with van der Waals surface area (Å²) < 4.78 is 3.30. The molecule has 2 aliphatic carbocycles. The van der Waals surface area contributed by atoms with Gasteiger partial charge in [0, 0.05) is 54.3 Å². The van der Waals surface area contributed by atoms with Crippen LogP contribution >= 0.6 is 31.6 Å². The standard InChI is InChI=1S/C39H72N4S3/c1-11-36-35(21-22-39(23-24-39)37(36)38(9,12-2)31(5)20-19-30(3)4)28-33(7)41-27-17-18-32(6)40-25-15-13-14-16-26-42-34(8)29-43-45-46-44-10/h19,31,35-37,40-43H,6-8,11-18,20-29H2,1-5,9-10H3. The molecule has 0 aliphatic heterocycles. The van der Waals surface area contributed by atoms with E-state index in [-0.39, 0.29) is 0 Å². The maximum Gasteiger partial charge on any atom is 0.0459 e. The van der Waals surface area contributed by atoms with Crippen LogP contribution in [0.1, 0.15) is 131 Å². The maximum absolute atomic E-state index is 4.53. The molecular formula is C39H72N4S3. The highest BCUT2D eigenvalue weighted by molar-refractivity contribution is 9.08. The van der Waals surface area contributed by atoms with E-state index in [1.54, 1.807) is 31.6 Å². The molecule has 46 heavy (non-hydrogen) atoms. The lowest BCUT2D eigenvalue weighted by Gasteiger charge is -2.55. The van der Waals surface area contributed by atoms with Gasteiger partial charge in [-0.2, -0.15) is 0 Å². The molecule has 2 fully saturated rings. The molecule has 0 heterocycles. The minimum atomic E-state index is 0.403. The average Bonchev–Trinajstić information content (AvgIpc) is 3.81. The molecule has 4 nitrogen and oxygen atoms in total. The Hall–Kier alpha value is -0.630. The summed E-state index contributed by atoms with van der Waals surface area (Å²) in [5, 5.41) is 10.7. The van der Waals surface area contributed by atoms with Crippen molar-refractivity contribution in [1.29, 1.82) is 0 Å². The minimum Gasteiger partial charge on any atom is -0.389 e. The number of nitrogens with one attached hydrogen (secondary N) is 4. The molecule has 2 saturated carbocycles. The topological polar surface area (TPSA) is 48.1 Å². The molecule has 0 amide bonds. The molecule has 4 N–H and O–H groups in total. The van der Waals surface area contributed by atoms with Gasteiger partial charge in [-0.15, -0.1) is 0 Å². The van der Waals surface area contributed by atoms with E-state index >= 15 is 0 Å². The first kappa shape index (κ1) is 41.5.